The molecule has 3 rings (SSSR count). The SMILES string of the molecule is Cc1cc(C)c(OCC(=O)N2CCC(C(=O)Nc3ccccc3)CC2)c(C)c1. The Bertz CT molecular complexity index is 817. The van der Waals surface area contributed by atoms with Crippen LogP contribution in [0.15, 0.2) is 42.5 Å². The monoisotopic (exact) mass is 380 g/mol. The second-order valence-corrected chi connectivity index (χ2v) is 7.53. The predicted octanol–water partition coefficient (Wildman–Crippen LogP) is 3.87. The lowest BCUT2D eigenvalue weighted by molar-refractivity contribution is -0.136. The van der Waals surface area contributed by atoms with E-state index in [1.165, 1.54) is 5.56 Å². The first kappa shape index (κ1) is 19.9. The van der Waals surface area contributed by atoms with Crippen LogP contribution in [0, 0.1) is 26.7 Å². The van der Waals surface area contributed by atoms with Gasteiger partial charge in [0.15, 0.2) is 6.61 Å². The third kappa shape index (κ3) is 4.91. The summed E-state index contributed by atoms with van der Waals surface area (Å²) in [7, 11) is 0. The fourth-order valence-corrected chi connectivity index (χ4v) is 3.78. The molecule has 1 aliphatic heterocycles. The summed E-state index contributed by atoms with van der Waals surface area (Å²) in [5, 5.41) is 2.95. The Balaban J connectivity index is 1.48. The molecule has 0 spiro atoms. The number of aryl methyl sites for hydroxylation is 3. The van der Waals surface area contributed by atoms with Crippen LogP contribution in [0.1, 0.15) is 29.5 Å². The maximum absolute atomic E-state index is 12.5. The Morgan fingerprint density at radius 3 is 2.25 bits per heavy atom. The molecule has 2 amide bonds. The largest absolute Gasteiger partial charge is 0.483 e. The van der Waals surface area contributed by atoms with Gasteiger partial charge < -0.3 is 15.0 Å². The number of amides is 2. The molecule has 1 saturated heterocycles. The number of anilines is 1. The summed E-state index contributed by atoms with van der Waals surface area (Å²) >= 11 is 0. The van der Waals surface area contributed by atoms with Crippen molar-refractivity contribution in [3.8, 4) is 5.75 Å². The number of carbonyl (C=O) groups is 2. The van der Waals surface area contributed by atoms with Crippen LogP contribution in [0.4, 0.5) is 5.69 Å². The predicted molar refractivity (Wildman–Crippen MR) is 111 cm³/mol. The van der Waals surface area contributed by atoms with E-state index in [1.807, 2.05) is 51.1 Å². The van der Waals surface area contributed by atoms with Crippen LogP contribution in [0.2, 0.25) is 0 Å². The molecule has 0 bridgehead atoms. The Labute approximate surface area is 166 Å². The smallest absolute Gasteiger partial charge is 0.260 e. The number of nitrogens with zero attached hydrogens (tertiary/aromatic N) is 1. The maximum Gasteiger partial charge on any atom is 0.260 e. The van der Waals surface area contributed by atoms with Gasteiger partial charge in [-0.25, -0.2) is 0 Å². The molecule has 1 N–H and O–H groups in total. The average molecular weight is 380 g/mol. The van der Waals surface area contributed by atoms with E-state index in [4.69, 9.17) is 4.74 Å². The van der Waals surface area contributed by atoms with Gasteiger partial charge in [0, 0.05) is 24.7 Å². The van der Waals surface area contributed by atoms with Gasteiger partial charge in [-0.1, -0.05) is 35.9 Å². The Morgan fingerprint density at radius 1 is 1.04 bits per heavy atom. The maximum atomic E-state index is 12.5. The van der Waals surface area contributed by atoms with Gasteiger partial charge in [-0.2, -0.15) is 0 Å². The Hall–Kier alpha value is -2.82. The molecule has 1 fully saturated rings. The fraction of sp³-hybridized carbons (Fsp3) is 0.391. The highest BCUT2D eigenvalue weighted by Gasteiger charge is 2.27. The van der Waals surface area contributed by atoms with Gasteiger partial charge in [-0.3, -0.25) is 9.59 Å². The molecule has 0 unspecified atom stereocenters. The molecule has 28 heavy (non-hydrogen) atoms. The summed E-state index contributed by atoms with van der Waals surface area (Å²) < 4.78 is 5.82. The molecule has 0 atom stereocenters. The lowest BCUT2D eigenvalue weighted by Gasteiger charge is -2.31. The molecule has 0 aliphatic carbocycles. The van der Waals surface area contributed by atoms with E-state index in [1.54, 1.807) is 4.90 Å². The second kappa shape index (κ2) is 8.91. The van der Waals surface area contributed by atoms with Crippen LogP contribution < -0.4 is 10.1 Å². The van der Waals surface area contributed by atoms with Crippen molar-refractivity contribution in [2.24, 2.45) is 5.92 Å². The van der Waals surface area contributed by atoms with Crippen molar-refractivity contribution in [3.05, 3.63) is 59.2 Å². The first-order valence-corrected chi connectivity index (χ1v) is 9.78. The van der Waals surface area contributed by atoms with Crippen LogP contribution in [0.3, 0.4) is 0 Å². The highest BCUT2D eigenvalue weighted by molar-refractivity contribution is 5.92. The summed E-state index contributed by atoms with van der Waals surface area (Å²) in [6, 6.07) is 13.6. The minimum Gasteiger partial charge on any atom is -0.483 e. The number of hydrogen-bond acceptors (Lipinski definition) is 3. The number of nitrogens with one attached hydrogen (secondary N) is 1. The molecular formula is C23H28N2O3. The number of rotatable bonds is 5. The number of carbonyl (C=O) groups excluding carboxylic acids is 2. The standard InChI is InChI=1S/C23H28N2O3/c1-16-13-17(2)22(18(3)14-16)28-15-21(26)25-11-9-19(10-12-25)23(27)24-20-7-5-4-6-8-20/h4-8,13-14,19H,9-12,15H2,1-3H3,(H,24,27). The van der Waals surface area contributed by atoms with Crippen molar-refractivity contribution >= 4 is 17.5 Å². The van der Waals surface area contributed by atoms with Gasteiger partial charge >= 0.3 is 0 Å². The molecular weight excluding hydrogens is 352 g/mol. The van der Waals surface area contributed by atoms with Gasteiger partial charge in [0.05, 0.1) is 0 Å². The minimum atomic E-state index is -0.0632. The molecule has 5 nitrogen and oxygen atoms in total. The summed E-state index contributed by atoms with van der Waals surface area (Å²) in [6.45, 7) is 7.24. The lowest BCUT2D eigenvalue weighted by Crippen LogP contribution is -2.43. The van der Waals surface area contributed by atoms with Crippen LogP contribution >= 0.6 is 0 Å². The first-order chi connectivity index (χ1) is 13.4. The number of likely N-dealkylation sites (tertiary alicyclic amines) is 1. The third-order valence-corrected chi connectivity index (χ3v) is 5.20. The van der Waals surface area contributed by atoms with E-state index < -0.39 is 0 Å². The molecule has 2 aromatic carbocycles. The molecule has 148 valence electrons. The van der Waals surface area contributed by atoms with Gasteiger partial charge in [0.1, 0.15) is 5.75 Å². The molecule has 2 aromatic rings. The zero-order chi connectivity index (χ0) is 20.1. The highest BCUT2D eigenvalue weighted by atomic mass is 16.5. The van der Waals surface area contributed by atoms with E-state index >= 15 is 0 Å². The zero-order valence-corrected chi connectivity index (χ0v) is 16.8. The van der Waals surface area contributed by atoms with E-state index in [2.05, 4.69) is 17.4 Å². The van der Waals surface area contributed by atoms with Crippen LogP contribution in [-0.4, -0.2) is 36.4 Å². The minimum absolute atomic E-state index is 0.0266. The first-order valence-electron chi connectivity index (χ1n) is 9.78. The summed E-state index contributed by atoms with van der Waals surface area (Å²) in [4.78, 5) is 26.7. The second-order valence-electron chi connectivity index (χ2n) is 7.53. The molecule has 0 radical (unpaired) electrons. The molecule has 1 aliphatic rings. The van der Waals surface area contributed by atoms with E-state index in [9.17, 15) is 9.59 Å². The zero-order valence-electron chi connectivity index (χ0n) is 16.8. The summed E-state index contributed by atoms with van der Waals surface area (Å²) in [5.74, 6) is 0.726. The summed E-state index contributed by atoms with van der Waals surface area (Å²) in [5.41, 5.74) is 4.08. The normalized spacial score (nSPS) is 14.6. The van der Waals surface area contributed by atoms with Crippen molar-refractivity contribution in [2.45, 2.75) is 33.6 Å². The number of ether oxygens (including phenoxy) is 1. The van der Waals surface area contributed by atoms with Gasteiger partial charge in [-0.15, -0.1) is 0 Å². The van der Waals surface area contributed by atoms with Gasteiger partial charge in [0.25, 0.3) is 5.91 Å². The van der Waals surface area contributed by atoms with E-state index in [0.717, 1.165) is 22.6 Å². The average Bonchev–Trinajstić information content (AvgIpc) is 2.68. The lowest BCUT2D eigenvalue weighted by atomic mass is 9.95. The number of para-hydroxylation sites is 1. The number of piperidine rings is 1. The fourth-order valence-electron chi connectivity index (χ4n) is 3.78. The van der Waals surface area contributed by atoms with Crippen molar-refractivity contribution in [1.82, 2.24) is 4.90 Å². The Kier molecular flexibility index (Phi) is 6.34. The quantitative estimate of drug-likeness (QED) is 0.857. The Morgan fingerprint density at radius 2 is 1.64 bits per heavy atom. The molecule has 1 heterocycles. The van der Waals surface area contributed by atoms with Crippen molar-refractivity contribution < 1.29 is 14.3 Å². The molecule has 0 saturated carbocycles. The molecule has 5 heteroatoms. The van der Waals surface area contributed by atoms with Crippen molar-refractivity contribution in [3.63, 3.8) is 0 Å². The third-order valence-electron chi connectivity index (χ3n) is 5.20. The van der Waals surface area contributed by atoms with Gasteiger partial charge in [0.2, 0.25) is 5.91 Å². The van der Waals surface area contributed by atoms with Crippen molar-refractivity contribution in [1.29, 1.82) is 0 Å². The molecule has 0 aromatic heterocycles. The van der Waals surface area contributed by atoms with E-state index in [0.29, 0.717) is 25.9 Å². The van der Waals surface area contributed by atoms with E-state index in [-0.39, 0.29) is 24.3 Å². The van der Waals surface area contributed by atoms with Crippen molar-refractivity contribution in [2.75, 3.05) is 25.0 Å². The topological polar surface area (TPSA) is 58.6 Å². The van der Waals surface area contributed by atoms with Crippen LogP contribution in [-0.2, 0) is 9.59 Å². The van der Waals surface area contributed by atoms with Crippen LogP contribution in [0.25, 0.3) is 0 Å². The number of benzene rings is 2. The number of hydrogen-bond donors (Lipinski definition) is 1. The summed E-state index contributed by atoms with van der Waals surface area (Å²) in [6.07, 6.45) is 1.35. The van der Waals surface area contributed by atoms with Gasteiger partial charge in [-0.05, 0) is 56.9 Å². The highest BCUT2D eigenvalue weighted by Crippen LogP contribution is 2.25. The van der Waals surface area contributed by atoms with Crippen LogP contribution in [0.5, 0.6) is 5.75 Å².